The van der Waals surface area contributed by atoms with E-state index in [1.165, 1.54) is 32.4 Å². The van der Waals surface area contributed by atoms with Crippen LogP contribution in [0.2, 0.25) is 0 Å². The maximum absolute atomic E-state index is 6.04. The van der Waals surface area contributed by atoms with Crippen molar-refractivity contribution in [3.05, 3.63) is 53.9 Å². The van der Waals surface area contributed by atoms with Crippen LogP contribution < -0.4 is 14.8 Å². The second kappa shape index (κ2) is 8.72. The van der Waals surface area contributed by atoms with Gasteiger partial charge in [0.1, 0.15) is 18.1 Å². The molecule has 1 unspecified atom stereocenters. The summed E-state index contributed by atoms with van der Waals surface area (Å²) in [7, 11) is 1.70. The topological polar surface area (TPSA) is 46.6 Å². The van der Waals surface area contributed by atoms with Gasteiger partial charge in [-0.2, -0.15) is 0 Å². The fraction of sp³-hybridized carbons (Fsp3) is 0.500. The van der Waals surface area contributed by atoms with Crippen LogP contribution in [0.15, 0.2) is 42.6 Å². The van der Waals surface area contributed by atoms with Gasteiger partial charge >= 0.3 is 0 Å². The van der Waals surface area contributed by atoms with Gasteiger partial charge in [-0.15, -0.1) is 0 Å². The van der Waals surface area contributed by atoms with E-state index in [1.807, 2.05) is 30.3 Å². The van der Waals surface area contributed by atoms with E-state index in [-0.39, 0.29) is 0 Å². The second-order valence-corrected chi connectivity index (χ2v) is 7.60. The fourth-order valence-corrected chi connectivity index (χ4v) is 3.81. The molecule has 1 aliphatic carbocycles. The van der Waals surface area contributed by atoms with E-state index >= 15 is 0 Å². The normalized spacial score (nSPS) is 20.0. The van der Waals surface area contributed by atoms with Crippen LogP contribution in [0.3, 0.4) is 0 Å². The Kier molecular flexibility index (Phi) is 5.90. The zero-order valence-electron chi connectivity index (χ0n) is 16.1. The molecule has 0 spiro atoms. The van der Waals surface area contributed by atoms with Gasteiger partial charge in [0.2, 0.25) is 0 Å². The van der Waals surface area contributed by atoms with Crippen LogP contribution in [0.25, 0.3) is 0 Å². The van der Waals surface area contributed by atoms with Crippen molar-refractivity contribution in [3.8, 4) is 11.5 Å². The summed E-state index contributed by atoms with van der Waals surface area (Å²) in [4.78, 5) is 6.99. The summed E-state index contributed by atoms with van der Waals surface area (Å²) in [6.45, 7) is 4.83. The number of rotatable bonds is 9. The van der Waals surface area contributed by atoms with Crippen LogP contribution in [0, 0.1) is 5.92 Å². The van der Waals surface area contributed by atoms with Gasteiger partial charge in [-0.3, -0.25) is 4.98 Å². The quantitative estimate of drug-likeness (QED) is 0.737. The number of likely N-dealkylation sites (tertiary alicyclic amines) is 1. The standard InChI is InChI=1S/C22H29N3O2/c1-26-21-7-8-22(27-16-19-4-2-3-10-24-19)18(12-21)14-23-13-17-9-11-25(15-17)20-5-6-20/h2-4,7-8,10,12,17,20,23H,5-6,9,11,13-16H2,1H3. The molecule has 1 aliphatic heterocycles. The van der Waals surface area contributed by atoms with Crippen LogP contribution in [0.1, 0.15) is 30.5 Å². The predicted octanol–water partition coefficient (Wildman–Crippen LogP) is 3.24. The summed E-state index contributed by atoms with van der Waals surface area (Å²) < 4.78 is 11.4. The van der Waals surface area contributed by atoms with Gasteiger partial charge in [0.05, 0.1) is 12.8 Å². The van der Waals surface area contributed by atoms with E-state index in [2.05, 4.69) is 21.3 Å². The predicted molar refractivity (Wildman–Crippen MR) is 106 cm³/mol. The molecule has 2 aliphatic rings. The molecule has 1 atom stereocenters. The van der Waals surface area contributed by atoms with Crippen molar-refractivity contribution in [2.75, 3.05) is 26.7 Å². The largest absolute Gasteiger partial charge is 0.497 e. The fourth-order valence-electron chi connectivity index (χ4n) is 3.81. The highest BCUT2D eigenvalue weighted by molar-refractivity contribution is 5.40. The third-order valence-electron chi connectivity index (χ3n) is 5.50. The van der Waals surface area contributed by atoms with E-state index in [1.54, 1.807) is 13.3 Å². The Balaban J connectivity index is 1.32. The smallest absolute Gasteiger partial charge is 0.130 e. The summed E-state index contributed by atoms with van der Waals surface area (Å²) in [6, 6.07) is 12.8. The average molecular weight is 367 g/mol. The minimum absolute atomic E-state index is 0.471. The maximum Gasteiger partial charge on any atom is 0.130 e. The van der Waals surface area contributed by atoms with E-state index < -0.39 is 0 Å². The molecule has 144 valence electrons. The van der Waals surface area contributed by atoms with Crippen LogP contribution in [0.4, 0.5) is 0 Å². The number of nitrogens with zero attached hydrogens (tertiary/aromatic N) is 2. The molecule has 2 fully saturated rings. The minimum Gasteiger partial charge on any atom is -0.497 e. The first-order valence-electron chi connectivity index (χ1n) is 9.96. The average Bonchev–Trinajstić information content (AvgIpc) is 3.46. The van der Waals surface area contributed by atoms with Gasteiger partial charge in [0, 0.05) is 30.9 Å². The molecule has 1 saturated heterocycles. The first kappa shape index (κ1) is 18.3. The molecule has 0 amide bonds. The highest BCUT2D eigenvalue weighted by Crippen LogP contribution is 2.31. The lowest BCUT2D eigenvalue weighted by Gasteiger charge is -2.16. The first-order chi connectivity index (χ1) is 13.3. The number of nitrogens with one attached hydrogen (secondary N) is 1. The molecule has 1 N–H and O–H groups in total. The first-order valence-corrected chi connectivity index (χ1v) is 9.96. The second-order valence-electron chi connectivity index (χ2n) is 7.60. The Labute approximate surface area is 161 Å². The minimum atomic E-state index is 0.471. The molecule has 4 rings (SSSR count). The summed E-state index contributed by atoms with van der Waals surface area (Å²) >= 11 is 0. The van der Waals surface area contributed by atoms with Crippen molar-refractivity contribution >= 4 is 0 Å². The van der Waals surface area contributed by atoms with Crippen molar-refractivity contribution in [3.63, 3.8) is 0 Å². The Bertz CT molecular complexity index is 734. The zero-order valence-corrected chi connectivity index (χ0v) is 16.1. The van der Waals surface area contributed by atoms with Crippen molar-refractivity contribution in [1.29, 1.82) is 0 Å². The molecule has 2 heterocycles. The molecule has 1 saturated carbocycles. The highest BCUT2D eigenvalue weighted by Gasteiger charge is 2.34. The number of benzene rings is 1. The van der Waals surface area contributed by atoms with Gasteiger partial charge in [0.25, 0.3) is 0 Å². The van der Waals surface area contributed by atoms with Gasteiger partial charge in [-0.25, -0.2) is 0 Å². The van der Waals surface area contributed by atoms with Crippen LogP contribution in [-0.2, 0) is 13.2 Å². The molecule has 5 heteroatoms. The molecular formula is C22H29N3O2. The van der Waals surface area contributed by atoms with E-state index in [0.29, 0.717) is 6.61 Å². The lowest BCUT2D eigenvalue weighted by molar-refractivity contribution is 0.295. The molecule has 0 radical (unpaired) electrons. The lowest BCUT2D eigenvalue weighted by atomic mass is 10.1. The van der Waals surface area contributed by atoms with E-state index in [4.69, 9.17) is 9.47 Å². The van der Waals surface area contributed by atoms with Crippen LogP contribution in [0.5, 0.6) is 11.5 Å². The number of hydrogen-bond donors (Lipinski definition) is 1. The number of pyridine rings is 1. The number of aromatic nitrogens is 1. The Morgan fingerprint density at radius 1 is 1.19 bits per heavy atom. The summed E-state index contributed by atoms with van der Waals surface area (Å²) in [5, 5.41) is 3.64. The van der Waals surface area contributed by atoms with Crippen LogP contribution >= 0.6 is 0 Å². The lowest BCUT2D eigenvalue weighted by Crippen LogP contribution is -2.27. The highest BCUT2D eigenvalue weighted by atomic mass is 16.5. The molecule has 0 bridgehead atoms. The number of methoxy groups -OCH3 is 1. The van der Waals surface area contributed by atoms with Crippen molar-refractivity contribution in [2.45, 2.75) is 38.5 Å². The number of ether oxygens (including phenoxy) is 2. The van der Waals surface area contributed by atoms with Crippen molar-refractivity contribution in [1.82, 2.24) is 15.2 Å². The van der Waals surface area contributed by atoms with E-state index in [9.17, 15) is 0 Å². The third-order valence-corrected chi connectivity index (χ3v) is 5.50. The van der Waals surface area contributed by atoms with Crippen molar-refractivity contribution in [2.24, 2.45) is 5.92 Å². The summed E-state index contributed by atoms with van der Waals surface area (Å²) in [5.74, 6) is 2.51. The Morgan fingerprint density at radius 2 is 2.11 bits per heavy atom. The summed E-state index contributed by atoms with van der Waals surface area (Å²) in [6.07, 6.45) is 5.91. The number of hydrogen-bond acceptors (Lipinski definition) is 5. The SMILES string of the molecule is COc1ccc(OCc2ccccn2)c(CNCC2CCN(C3CC3)C2)c1. The van der Waals surface area contributed by atoms with E-state index in [0.717, 1.165) is 47.8 Å². The van der Waals surface area contributed by atoms with Gasteiger partial charge in [0.15, 0.2) is 0 Å². The molecule has 27 heavy (non-hydrogen) atoms. The zero-order chi connectivity index (χ0) is 18.5. The molecule has 1 aromatic carbocycles. The maximum atomic E-state index is 6.04. The Morgan fingerprint density at radius 3 is 2.89 bits per heavy atom. The molecule has 1 aromatic heterocycles. The van der Waals surface area contributed by atoms with Crippen molar-refractivity contribution < 1.29 is 9.47 Å². The molecular weight excluding hydrogens is 338 g/mol. The molecule has 2 aromatic rings. The van der Waals surface area contributed by atoms with Gasteiger partial charge < -0.3 is 19.7 Å². The van der Waals surface area contributed by atoms with Crippen LogP contribution in [-0.4, -0.2) is 42.7 Å². The third kappa shape index (κ3) is 4.99. The Hall–Kier alpha value is -2.11. The monoisotopic (exact) mass is 367 g/mol. The van der Waals surface area contributed by atoms with Gasteiger partial charge in [-0.1, -0.05) is 6.07 Å². The summed E-state index contributed by atoms with van der Waals surface area (Å²) in [5.41, 5.74) is 2.06. The molecule has 5 nitrogen and oxygen atoms in total. The van der Waals surface area contributed by atoms with Gasteiger partial charge in [-0.05, 0) is 68.6 Å².